The molecule has 2 aromatic rings. The zero-order valence-electron chi connectivity index (χ0n) is 12.0. The molecule has 0 radical (unpaired) electrons. The first-order valence-corrected chi connectivity index (χ1v) is 6.86. The van der Waals surface area contributed by atoms with Gasteiger partial charge in [0.25, 0.3) is 5.91 Å². The van der Waals surface area contributed by atoms with Gasteiger partial charge in [-0.3, -0.25) is 4.79 Å². The van der Waals surface area contributed by atoms with Crippen LogP contribution in [0.5, 0.6) is 0 Å². The van der Waals surface area contributed by atoms with E-state index in [2.05, 4.69) is 6.92 Å². The van der Waals surface area contributed by atoms with E-state index in [-0.39, 0.29) is 5.91 Å². The van der Waals surface area contributed by atoms with Gasteiger partial charge in [-0.1, -0.05) is 36.8 Å². The third kappa shape index (κ3) is 2.99. The molecular formula is C17H20N2O. The van der Waals surface area contributed by atoms with Crippen molar-refractivity contribution >= 4 is 17.3 Å². The molecule has 0 fully saturated rings. The van der Waals surface area contributed by atoms with E-state index in [4.69, 9.17) is 5.73 Å². The van der Waals surface area contributed by atoms with Crippen molar-refractivity contribution in [2.75, 3.05) is 17.2 Å². The van der Waals surface area contributed by atoms with Crippen LogP contribution in [0.1, 0.15) is 29.3 Å². The van der Waals surface area contributed by atoms with Crippen LogP contribution in [0.25, 0.3) is 0 Å². The number of carbonyl (C=O) groups excluding carboxylic acids is 1. The normalized spacial score (nSPS) is 10.3. The minimum Gasteiger partial charge on any atom is -0.397 e. The van der Waals surface area contributed by atoms with Crippen LogP contribution in [0.15, 0.2) is 48.5 Å². The second-order valence-electron chi connectivity index (χ2n) is 4.88. The highest BCUT2D eigenvalue weighted by atomic mass is 16.2. The predicted octanol–water partition coefficient (Wildman–Crippen LogP) is 3.63. The fraction of sp³-hybridized carbons (Fsp3) is 0.235. The summed E-state index contributed by atoms with van der Waals surface area (Å²) in [5.41, 5.74) is 9.23. The first-order chi connectivity index (χ1) is 9.63. The van der Waals surface area contributed by atoms with Gasteiger partial charge >= 0.3 is 0 Å². The summed E-state index contributed by atoms with van der Waals surface area (Å²) in [6.45, 7) is 4.71. The van der Waals surface area contributed by atoms with Crippen LogP contribution >= 0.6 is 0 Å². The molecule has 0 aromatic heterocycles. The van der Waals surface area contributed by atoms with Gasteiger partial charge in [-0.05, 0) is 37.6 Å². The fourth-order valence-electron chi connectivity index (χ4n) is 2.14. The van der Waals surface area contributed by atoms with Gasteiger partial charge in [-0.25, -0.2) is 0 Å². The van der Waals surface area contributed by atoms with Crippen LogP contribution in [-0.4, -0.2) is 12.5 Å². The first-order valence-electron chi connectivity index (χ1n) is 6.86. The standard InChI is InChI=1S/C17H20N2O/c1-3-12-19(16-7-5-4-6-15(16)18)17(20)14-10-8-13(2)9-11-14/h4-11H,3,12,18H2,1-2H3. The van der Waals surface area contributed by atoms with Gasteiger partial charge in [-0.2, -0.15) is 0 Å². The number of hydrogen-bond acceptors (Lipinski definition) is 2. The molecule has 3 nitrogen and oxygen atoms in total. The van der Waals surface area contributed by atoms with Gasteiger partial charge in [0.15, 0.2) is 0 Å². The number of amides is 1. The molecule has 0 heterocycles. The van der Waals surface area contributed by atoms with E-state index < -0.39 is 0 Å². The van der Waals surface area contributed by atoms with E-state index in [0.717, 1.165) is 17.7 Å². The lowest BCUT2D eigenvalue weighted by atomic mass is 10.1. The Bertz CT molecular complexity index is 590. The first kappa shape index (κ1) is 14.1. The Hall–Kier alpha value is -2.29. The molecule has 0 aliphatic carbocycles. The molecule has 2 aromatic carbocycles. The maximum Gasteiger partial charge on any atom is 0.258 e. The van der Waals surface area contributed by atoms with Crippen molar-refractivity contribution in [3.8, 4) is 0 Å². The molecule has 0 atom stereocenters. The molecule has 0 saturated carbocycles. The van der Waals surface area contributed by atoms with Gasteiger partial charge in [0.2, 0.25) is 0 Å². The summed E-state index contributed by atoms with van der Waals surface area (Å²) in [5.74, 6) is -0.00949. The minimum atomic E-state index is -0.00949. The zero-order chi connectivity index (χ0) is 14.5. The third-order valence-corrected chi connectivity index (χ3v) is 3.22. The van der Waals surface area contributed by atoms with Crippen molar-refractivity contribution in [2.24, 2.45) is 0 Å². The Morgan fingerprint density at radius 1 is 1.10 bits per heavy atom. The molecule has 0 saturated heterocycles. The van der Waals surface area contributed by atoms with Crippen LogP contribution in [-0.2, 0) is 0 Å². The largest absolute Gasteiger partial charge is 0.397 e. The Kier molecular flexibility index (Phi) is 4.41. The van der Waals surface area contributed by atoms with Gasteiger partial charge < -0.3 is 10.6 Å². The lowest BCUT2D eigenvalue weighted by molar-refractivity contribution is 0.0987. The third-order valence-electron chi connectivity index (χ3n) is 3.22. The molecule has 0 aliphatic heterocycles. The number of para-hydroxylation sites is 2. The SMILES string of the molecule is CCCN(C(=O)c1ccc(C)cc1)c1ccccc1N. The van der Waals surface area contributed by atoms with Crippen LogP contribution in [0.4, 0.5) is 11.4 Å². The molecular weight excluding hydrogens is 248 g/mol. The highest BCUT2D eigenvalue weighted by Gasteiger charge is 2.18. The molecule has 0 bridgehead atoms. The van der Waals surface area contributed by atoms with Crippen LogP contribution in [0.2, 0.25) is 0 Å². The number of anilines is 2. The highest BCUT2D eigenvalue weighted by Crippen LogP contribution is 2.24. The van der Waals surface area contributed by atoms with E-state index in [1.807, 2.05) is 55.5 Å². The molecule has 104 valence electrons. The molecule has 2 rings (SSSR count). The summed E-state index contributed by atoms with van der Waals surface area (Å²) in [6, 6.07) is 15.1. The van der Waals surface area contributed by atoms with Gasteiger partial charge in [0.1, 0.15) is 0 Å². The van der Waals surface area contributed by atoms with Gasteiger partial charge in [-0.15, -0.1) is 0 Å². The van der Waals surface area contributed by atoms with Crippen LogP contribution < -0.4 is 10.6 Å². The molecule has 20 heavy (non-hydrogen) atoms. The summed E-state index contributed by atoms with van der Waals surface area (Å²) >= 11 is 0. The summed E-state index contributed by atoms with van der Waals surface area (Å²) in [4.78, 5) is 14.4. The van der Waals surface area contributed by atoms with E-state index in [1.54, 1.807) is 4.90 Å². The molecule has 1 amide bonds. The van der Waals surface area contributed by atoms with Crippen molar-refractivity contribution in [2.45, 2.75) is 20.3 Å². The van der Waals surface area contributed by atoms with Gasteiger partial charge in [0, 0.05) is 12.1 Å². The second kappa shape index (κ2) is 6.24. The lowest BCUT2D eigenvalue weighted by Gasteiger charge is -2.23. The summed E-state index contributed by atoms with van der Waals surface area (Å²) in [7, 11) is 0. The van der Waals surface area contributed by atoms with Crippen LogP contribution in [0, 0.1) is 6.92 Å². The molecule has 0 unspecified atom stereocenters. The van der Waals surface area contributed by atoms with E-state index in [9.17, 15) is 4.79 Å². The average molecular weight is 268 g/mol. The Morgan fingerprint density at radius 3 is 2.35 bits per heavy atom. The zero-order valence-corrected chi connectivity index (χ0v) is 12.0. The number of benzene rings is 2. The van der Waals surface area contributed by atoms with Crippen molar-refractivity contribution in [1.82, 2.24) is 0 Å². The fourth-order valence-corrected chi connectivity index (χ4v) is 2.14. The Labute approximate surface area is 120 Å². The van der Waals surface area contributed by atoms with Crippen molar-refractivity contribution in [3.63, 3.8) is 0 Å². The molecule has 0 spiro atoms. The molecule has 0 aliphatic rings. The summed E-state index contributed by atoms with van der Waals surface area (Å²) < 4.78 is 0. The Balaban J connectivity index is 2.36. The van der Waals surface area contributed by atoms with E-state index in [0.29, 0.717) is 17.8 Å². The topological polar surface area (TPSA) is 46.3 Å². The average Bonchev–Trinajstić information content (AvgIpc) is 2.46. The molecule has 2 N–H and O–H groups in total. The molecule has 3 heteroatoms. The van der Waals surface area contributed by atoms with Gasteiger partial charge in [0.05, 0.1) is 11.4 Å². The number of nitrogens with two attached hydrogens (primary N) is 1. The number of rotatable bonds is 4. The van der Waals surface area contributed by atoms with Crippen molar-refractivity contribution in [1.29, 1.82) is 0 Å². The van der Waals surface area contributed by atoms with E-state index in [1.165, 1.54) is 0 Å². The lowest BCUT2D eigenvalue weighted by Crippen LogP contribution is -2.32. The number of carbonyl (C=O) groups is 1. The summed E-state index contributed by atoms with van der Waals surface area (Å²) in [6.07, 6.45) is 0.881. The highest BCUT2D eigenvalue weighted by molar-refractivity contribution is 6.07. The quantitative estimate of drug-likeness (QED) is 0.861. The predicted molar refractivity (Wildman–Crippen MR) is 84.0 cm³/mol. The second-order valence-corrected chi connectivity index (χ2v) is 4.88. The smallest absolute Gasteiger partial charge is 0.258 e. The number of nitrogens with zero attached hydrogens (tertiary/aromatic N) is 1. The number of nitrogen functional groups attached to an aromatic ring is 1. The maximum atomic E-state index is 12.7. The Morgan fingerprint density at radius 2 is 1.75 bits per heavy atom. The van der Waals surface area contributed by atoms with Crippen molar-refractivity contribution < 1.29 is 4.79 Å². The minimum absolute atomic E-state index is 0.00949. The van der Waals surface area contributed by atoms with Crippen molar-refractivity contribution in [3.05, 3.63) is 59.7 Å². The monoisotopic (exact) mass is 268 g/mol. The summed E-state index contributed by atoms with van der Waals surface area (Å²) in [5, 5.41) is 0. The maximum absolute atomic E-state index is 12.7. The van der Waals surface area contributed by atoms with E-state index >= 15 is 0 Å². The van der Waals surface area contributed by atoms with Crippen LogP contribution in [0.3, 0.4) is 0 Å². The number of aryl methyl sites for hydroxylation is 1. The number of hydrogen-bond donors (Lipinski definition) is 1.